The van der Waals surface area contributed by atoms with Crippen LogP contribution in [0.5, 0.6) is 0 Å². The molecule has 1 amide bonds. The Morgan fingerprint density at radius 3 is 1.76 bits per heavy atom. The van der Waals surface area contributed by atoms with Crippen molar-refractivity contribution in [2.45, 2.75) is 44.3 Å². The molecule has 0 atom stereocenters. The molecule has 0 unspecified atom stereocenters. The maximum absolute atomic E-state index is 12.7. The molecule has 17 heavy (non-hydrogen) atoms. The molecule has 0 fully saturated rings. The molecular weight excluding hydrogens is 247 g/mol. The number of nitrogens with two attached hydrogens (primary N) is 1. The van der Waals surface area contributed by atoms with Crippen LogP contribution in [0.3, 0.4) is 0 Å². The number of hydrogen-bond donors (Lipinski definition) is 2. The van der Waals surface area contributed by atoms with Gasteiger partial charge in [0, 0.05) is 6.54 Å². The highest BCUT2D eigenvalue weighted by atomic mass is 19.4. The first kappa shape index (κ1) is 16.1. The second-order valence-corrected chi connectivity index (χ2v) is 3.72. The van der Waals surface area contributed by atoms with Crippen molar-refractivity contribution in [2.75, 3.05) is 6.54 Å². The highest BCUT2D eigenvalue weighted by Gasteiger charge is 2.64. The molecule has 102 valence electrons. The van der Waals surface area contributed by atoms with Gasteiger partial charge in [0.05, 0.1) is 5.54 Å². The molecule has 3 nitrogen and oxygen atoms in total. The lowest BCUT2D eigenvalue weighted by Crippen LogP contribution is -2.60. The van der Waals surface area contributed by atoms with Crippen molar-refractivity contribution in [3.63, 3.8) is 0 Å². The number of carbonyl (C=O) groups is 1. The zero-order valence-electron chi connectivity index (χ0n) is 9.50. The van der Waals surface area contributed by atoms with E-state index in [9.17, 15) is 26.7 Å². The number of nitrogens with one attached hydrogen (secondary N) is 1. The molecule has 0 heterocycles. The summed E-state index contributed by atoms with van der Waals surface area (Å²) in [5.41, 5.74) is 4.06. The van der Waals surface area contributed by atoms with E-state index in [4.69, 9.17) is 5.73 Å². The van der Waals surface area contributed by atoms with Crippen LogP contribution in [0.25, 0.3) is 0 Å². The van der Waals surface area contributed by atoms with Crippen molar-refractivity contribution in [1.82, 2.24) is 5.32 Å². The van der Waals surface area contributed by atoms with Gasteiger partial charge in [0.1, 0.15) is 0 Å². The van der Waals surface area contributed by atoms with Crippen molar-refractivity contribution in [1.29, 1.82) is 0 Å². The van der Waals surface area contributed by atoms with Crippen molar-refractivity contribution >= 4 is 5.91 Å². The quantitative estimate of drug-likeness (QED) is 0.742. The van der Waals surface area contributed by atoms with Crippen molar-refractivity contribution in [3.8, 4) is 0 Å². The summed E-state index contributed by atoms with van der Waals surface area (Å²) in [7, 11) is 0. The third-order valence-corrected chi connectivity index (χ3v) is 2.76. The topological polar surface area (TPSA) is 55.1 Å². The normalized spacial score (nSPS) is 13.6. The predicted octanol–water partition coefficient (Wildman–Crippen LogP) is 1.82. The van der Waals surface area contributed by atoms with E-state index >= 15 is 0 Å². The third-order valence-electron chi connectivity index (χ3n) is 2.76. The van der Waals surface area contributed by atoms with Gasteiger partial charge in [0.25, 0.3) is 0 Å². The zero-order valence-corrected chi connectivity index (χ0v) is 9.50. The van der Waals surface area contributed by atoms with Crippen LogP contribution < -0.4 is 11.1 Å². The SMILES string of the molecule is CCC(CC)(CN)NC(=O)C(F)(F)C(F)(F)F. The molecular formula is C9H15F5N2O. The molecule has 8 heteroatoms. The van der Waals surface area contributed by atoms with E-state index in [1.165, 1.54) is 0 Å². The molecule has 0 aliphatic carbocycles. The first-order valence-corrected chi connectivity index (χ1v) is 5.03. The molecule has 0 saturated heterocycles. The predicted molar refractivity (Wildman–Crippen MR) is 51.5 cm³/mol. The Labute approximate surface area is 95.5 Å². The first-order chi connectivity index (χ1) is 7.56. The van der Waals surface area contributed by atoms with Crippen LogP contribution in [0.1, 0.15) is 26.7 Å². The van der Waals surface area contributed by atoms with E-state index in [2.05, 4.69) is 0 Å². The van der Waals surface area contributed by atoms with Gasteiger partial charge in [-0.05, 0) is 12.8 Å². The second-order valence-electron chi connectivity index (χ2n) is 3.72. The summed E-state index contributed by atoms with van der Waals surface area (Å²) in [4.78, 5) is 11.0. The van der Waals surface area contributed by atoms with Crippen LogP contribution in [0.15, 0.2) is 0 Å². The number of hydrogen-bond acceptors (Lipinski definition) is 2. The number of carbonyl (C=O) groups excluding carboxylic acids is 1. The minimum Gasteiger partial charge on any atom is -0.344 e. The molecule has 0 spiro atoms. The maximum atomic E-state index is 12.7. The van der Waals surface area contributed by atoms with E-state index in [0.29, 0.717) is 0 Å². The van der Waals surface area contributed by atoms with Gasteiger partial charge in [-0.3, -0.25) is 4.79 Å². The van der Waals surface area contributed by atoms with Gasteiger partial charge in [-0.1, -0.05) is 13.8 Å². The minimum atomic E-state index is -5.90. The van der Waals surface area contributed by atoms with Crippen LogP contribution in [-0.2, 0) is 4.79 Å². The first-order valence-electron chi connectivity index (χ1n) is 5.03. The average molecular weight is 262 g/mol. The van der Waals surface area contributed by atoms with Crippen molar-refractivity contribution < 1.29 is 26.7 Å². The van der Waals surface area contributed by atoms with Gasteiger partial charge >= 0.3 is 18.0 Å². The highest BCUT2D eigenvalue weighted by Crippen LogP contribution is 2.36. The summed E-state index contributed by atoms with van der Waals surface area (Å²) in [6.45, 7) is 2.88. The van der Waals surface area contributed by atoms with E-state index in [-0.39, 0.29) is 19.4 Å². The molecule has 3 N–H and O–H groups in total. The van der Waals surface area contributed by atoms with Crippen LogP contribution >= 0.6 is 0 Å². The molecule has 0 aliphatic heterocycles. The lowest BCUT2D eigenvalue weighted by molar-refractivity contribution is -0.270. The maximum Gasteiger partial charge on any atom is 0.463 e. The highest BCUT2D eigenvalue weighted by molar-refractivity contribution is 5.85. The van der Waals surface area contributed by atoms with Crippen molar-refractivity contribution in [2.24, 2.45) is 5.73 Å². The van der Waals surface area contributed by atoms with Gasteiger partial charge in [0.15, 0.2) is 0 Å². The van der Waals surface area contributed by atoms with Gasteiger partial charge < -0.3 is 11.1 Å². The third kappa shape index (κ3) is 3.27. The Morgan fingerprint density at radius 1 is 1.12 bits per heavy atom. The van der Waals surface area contributed by atoms with E-state index in [1.54, 1.807) is 19.2 Å². The Balaban J connectivity index is 4.97. The number of amides is 1. The smallest absolute Gasteiger partial charge is 0.344 e. The largest absolute Gasteiger partial charge is 0.463 e. The van der Waals surface area contributed by atoms with Gasteiger partial charge in [-0.15, -0.1) is 0 Å². The van der Waals surface area contributed by atoms with E-state index in [1.807, 2.05) is 0 Å². The monoisotopic (exact) mass is 262 g/mol. The fourth-order valence-corrected chi connectivity index (χ4v) is 1.21. The van der Waals surface area contributed by atoms with Crippen molar-refractivity contribution in [3.05, 3.63) is 0 Å². The fraction of sp³-hybridized carbons (Fsp3) is 0.889. The molecule has 0 aromatic heterocycles. The summed E-state index contributed by atoms with van der Waals surface area (Å²) in [5.74, 6) is -7.77. The molecule has 0 aromatic carbocycles. The Bertz CT molecular complexity index is 265. The van der Waals surface area contributed by atoms with Crippen LogP contribution in [-0.4, -0.2) is 30.1 Å². The van der Waals surface area contributed by atoms with E-state index < -0.39 is 23.5 Å². The molecule has 0 radical (unpaired) electrons. The van der Waals surface area contributed by atoms with Crippen LogP contribution in [0.2, 0.25) is 0 Å². The Hall–Kier alpha value is -0.920. The molecule has 0 aliphatic rings. The van der Waals surface area contributed by atoms with Gasteiger partial charge in [-0.25, -0.2) is 0 Å². The summed E-state index contributed by atoms with van der Waals surface area (Å²) in [6, 6.07) is 0. The molecule has 0 bridgehead atoms. The Kier molecular flexibility index (Phi) is 4.88. The molecule has 0 rings (SSSR count). The zero-order chi connectivity index (χ0) is 13.9. The van der Waals surface area contributed by atoms with Crippen LogP contribution in [0.4, 0.5) is 22.0 Å². The number of rotatable bonds is 5. The van der Waals surface area contributed by atoms with Gasteiger partial charge in [0.2, 0.25) is 0 Å². The summed E-state index contributed by atoms with van der Waals surface area (Å²) < 4.78 is 61.2. The average Bonchev–Trinajstić information content (AvgIpc) is 2.24. The standard InChI is InChI=1S/C9H15F5N2O/c1-3-7(4-2,5-15)16-6(17)8(10,11)9(12,13)14/h3-5,15H2,1-2H3,(H,16,17). The fourth-order valence-electron chi connectivity index (χ4n) is 1.21. The number of alkyl halides is 5. The lowest BCUT2D eigenvalue weighted by atomic mass is 9.92. The lowest BCUT2D eigenvalue weighted by Gasteiger charge is -2.33. The minimum absolute atomic E-state index is 0.166. The summed E-state index contributed by atoms with van der Waals surface area (Å²) >= 11 is 0. The summed E-state index contributed by atoms with van der Waals surface area (Å²) in [5, 5.41) is 1.69. The van der Waals surface area contributed by atoms with E-state index in [0.717, 1.165) is 0 Å². The molecule has 0 aromatic rings. The second kappa shape index (κ2) is 5.16. The van der Waals surface area contributed by atoms with Crippen LogP contribution in [0, 0.1) is 0 Å². The van der Waals surface area contributed by atoms with Gasteiger partial charge in [-0.2, -0.15) is 22.0 Å². The molecule has 0 saturated carbocycles. The Morgan fingerprint density at radius 2 is 1.53 bits per heavy atom. The summed E-state index contributed by atoms with van der Waals surface area (Å²) in [6.07, 6.45) is -5.57. The number of halogens is 5.